The number of ether oxygens (including phenoxy) is 3. The molecule has 2 rings (SSSR count). The quantitative estimate of drug-likeness (QED) is 0.479. The summed E-state index contributed by atoms with van der Waals surface area (Å²) in [5.74, 6) is -4.29. The van der Waals surface area contributed by atoms with Gasteiger partial charge in [-0.1, -0.05) is 32.2 Å². The normalized spacial score (nSPS) is 17.6. The lowest BCUT2D eigenvalue weighted by molar-refractivity contribution is 0.0796. The van der Waals surface area contributed by atoms with Crippen molar-refractivity contribution in [1.82, 2.24) is 0 Å². The molecule has 29 heavy (non-hydrogen) atoms. The number of rotatable bonds is 8. The summed E-state index contributed by atoms with van der Waals surface area (Å²) in [7, 11) is 0. The van der Waals surface area contributed by atoms with E-state index in [1.54, 1.807) is 13.8 Å². The van der Waals surface area contributed by atoms with Gasteiger partial charge in [0.05, 0.1) is 19.3 Å². The highest BCUT2D eigenvalue weighted by Crippen LogP contribution is 2.41. The maximum absolute atomic E-state index is 15.1. The molecule has 3 nitrogen and oxygen atoms in total. The van der Waals surface area contributed by atoms with E-state index in [4.69, 9.17) is 14.2 Å². The van der Waals surface area contributed by atoms with Gasteiger partial charge in [0, 0.05) is 17.9 Å². The van der Waals surface area contributed by atoms with E-state index in [2.05, 4.69) is 13.2 Å². The molecule has 1 aromatic carbocycles. The monoisotopic (exact) mass is 408 g/mol. The van der Waals surface area contributed by atoms with Gasteiger partial charge in [-0.15, -0.1) is 0 Å². The first-order valence-corrected chi connectivity index (χ1v) is 9.54. The molecule has 1 aliphatic rings. The molecule has 0 aromatic heterocycles. The third kappa shape index (κ3) is 5.12. The molecule has 1 aromatic rings. The maximum atomic E-state index is 15.1. The second-order valence-electron chi connectivity index (χ2n) is 6.94. The molecular formula is C23H27F3O3. The summed E-state index contributed by atoms with van der Waals surface area (Å²) in [4.78, 5) is 0. The largest absolute Gasteiger partial charge is 0.491 e. The zero-order valence-electron chi connectivity index (χ0n) is 17.3. The van der Waals surface area contributed by atoms with E-state index in [9.17, 15) is 8.78 Å². The van der Waals surface area contributed by atoms with Crippen LogP contribution in [0.15, 0.2) is 54.1 Å². The molecule has 0 spiro atoms. The highest BCUT2D eigenvalue weighted by Gasteiger charge is 2.30. The van der Waals surface area contributed by atoms with Gasteiger partial charge in [0.15, 0.2) is 23.1 Å². The third-order valence-corrected chi connectivity index (χ3v) is 4.58. The number of hydrogen-bond donors (Lipinski definition) is 0. The van der Waals surface area contributed by atoms with Crippen LogP contribution in [0.4, 0.5) is 13.2 Å². The van der Waals surface area contributed by atoms with Crippen LogP contribution in [0.5, 0.6) is 11.5 Å². The number of allylic oxidation sites excluding steroid dienone is 3. The van der Waals surface area contributed by atoms with Gasteiger partial charge >= 0.3 is 0 Å². The van der Waals surface area contributed by atoms with Crippen molar-refractivity contribution < 1.29 is 27.4 Å². The summed E-state index contributed by atoms with van der Waals surface area (Å²) in [6, 6.07) is 1.35. The summed E-state index contributed by atoms with van der Waals surface area (Å²) < 4.78 is 59.9. The van der Waals surface area contributed by atoms with Crippen LogP contribution in [0.3, 0.4) is 0 Å². The average molecular weight is 408 g/mol. The Morgan fingerprint density at radius 1 is 1.31 bits per heavy atom. The second kappa shape index (κ2) is 9.83. The Hall–Kier alpha value is -2.47. The smallest absolute Gasteiger partial charge is 0.205 e. The van der Waals surface area contributed by atoms with Crippen molar-refractivity contribution in [1.29, 1.82) is 0 Å². The fraction of sp³-hybridized carbons (Fsp3) is 0.391. The van der Waals surface area contributed by atoms with Crippen molar-refractivity contribution in [2.75, 3.05) is 13.2 Å². The fourth-order valence-electron chi connectivity index (χ4n) is 2.91. The van der Waals surface area contributed by atoms with Crippen molar-refractivity contribution >= 4 is 0 Å². The molecule has 0 fully saturated rings. The fourth-order valence-corrected chi connectivity index (χ4v) is 2.91. The van der Waals surface area contributed by atoms with Crippen LogP contribution < -0.4 is 9.47 Å². The lowest BCUT2D eigenvalue weighted by atomic mass is 9.95. The summed E-state index contributed by atoms with van der Waals surface area (Å²) in [6.07, 6.45) is 3.73. The minimum Gasteiger partial charge on any atom is -0.491 e. The molecule has 6 heteroatoms. The van der Waals surface area contributed by atoms with Gasteiger partial charge in [-0.25, -0.2) is 4.39 Å². The molecule has 0 amide bonds. The molecule has 0 saturated carbocycles. The Morgan fingerprint density at radius 2 is 2.00 bits per heavy atom. The van der Waals surface area contributed by atoms with Gasteiger partial charge in [0.25, 0.3) is 0 Å². The lowest BCUT2D eigenvalue weighted by Gasteiger charge is -2.25. The Kier molecular flexibility index (Phi) is 7.73. The van der Waals surface area contributed by atoms with Crippen LogP contribution in [0, 0.1) is 17.6 Å². The molecule has 1 aliphatic heterocycles. The van der Waals surface area contributed by atoms with Gasteiger partial charge in [0.2, 0.25) is 11.6 Å². The topological polar surface area (TPSA) is 27.7 Å². The van der Waals surface area contributed by atoms with Gasteiger partial charge in [-0.05, 0) is 38.0 Å². The summed E-state index contributed by atoms with van der Waals surface area (Å²) in [5.41, 5.74) is 0.792. The molecule has 2 unspecified atom stereocenters. The predicted molar refractivity (Wildman–Crippen MR) is 108 cm³/mol. The molecule has 0 radical (unpaired) electrons. The first-order chi connectivity index (χ1) is 13.7. The zero-order chi connectivity index (χ0) is 21.7. The van der Waals surface area contributed by atoms with Crippen LogP contribution in [0.2, 0.25) is 0 Å². The van der Waals surface area contributed by atoms with Gasteiger partial charge in [-0.3, -0.25) is 0 Å². The minimum absolute atomic E-state index is 0.103. The standard InChI is InChI=1S/C23H27F3O3/c1-7-9-15(5)28-12-14(4)16(6)19(24)22-13(3)10-17-11-18(27-8-2)20(25)21(26)23(17)29-22/h7,9,11,14-15H,3,6,8,10,12H2,1-2,4-5H3/b9-7+,22-19-. The van der Waals surface area contributed by atoms with E-state index in [0.29, 0.717) is 11.1 Å². The Balaban J connectivity index is 2.27. The minimum atomic E-state index is -1.22. The molecular weight excluding hydrogens is 381 g/mol. The molecule has 0 saturated heterocycles. The number of hydrogen-bond acceptors (Lipinski definition) is 3. The first kappa shape index (κ1) is 22.8. The Labute approximate surface area is 170 Å². The Bertz CT molecular complexity index is 855. The Morgan fingerprint density at radius 3 is 2.62 bits per heavy atom. The number of fused-ring (bicyclic) bond motifs is 1. The van der Waals surface area contributed by atoms with Crippen LogP contribution in [-0.2, 0) is 11.2 Å². The molecule has 0 N–H and O–H groups in total. The highest BCUT2D eigenvalue weighted by atomic mass is 19.2. The van der Waals surface area contributed by atoms with Crippen LogP contribution >= 0.6 is 0 Å². The molecule has 2 atom stereocenters. The first-order valence-electron chi connectivity index (χ1n) is 9.54. The van der Waals surface area contributed by atoms with E-state index in [0.717, 1.165) is 0 Å². The number of halogens is 3. The highest BCUT2D eigenvalue weighted by molar-refractivity contribution is 5.52. The predicted octanol–water partition coefficient (Wildman–Crippen LogP) is 6.21. The SMILES string of the molecule is C=C1Cc2cc(OCC)c(F)c(F)c2O/C1=C(\F)C(=C)C(C)COC(C)/C=C/C. The molecule has 0 aliphatic carbocycles. The second-order valence-corrected chi connectivity index (χ2v) is 6.94. The molecule has 158 valence electrons. The van der Waals surface area contributed by atoms with E-state index in [-0.39, 0.29) is 54.5 Å². The van der Waals surface area contributed by atoms with Crippen LogP contribution in [-0.4, -0.2) is 19.3 Å². The van der Waals surface area contributed by atoms with Crippen molar-refractivity contribution in [2.45, 2.75) is 40.2 Å². The van der Waals surface area contributed by atoms with Crippen LogP contribution in [0.1, 0.15) is 33.3 Å². The van der Waals surface area contributed by atoms with Crippen molar-refractivity contribution in [2.24, 2.45) is 5.92 Å². The van der Waals surface area contributed by atoms with E-state index >= 15 is 4.39 Å². The van der Waals surface area contributed by atoms with Gasteiger partial charge in [0.1, 0.15) is 0 Å². The maximum Gasteiger partial charge on any atom is 0.205 e. The van der Waals surface area contributed by atoms with Crippen LogP contribution in [0.25, 0.3) is 0 Å². The number of benzene rings is 1. The van der Waals surface area contributed by atoms with Crippen molar-refractivity contribution in [3.63, 3.8) is 0 Å². The zero-order valence-corrected chi connectivity index (χ0v) is 17.3. The van der Waals surface area contributed by atoms with E-state index < -0.39 is 17.5 Å². The molecule has 1 heterocycles. The van der Waals surface area contributed by atoms with E-state index in [1.807, 2.05) is 26.0 Å². The van der Waals surface area contributed by atoms with Crippen molar-refractivity contribution in [3.05, 3.63) is 71.3 Å². The summed E-state index contributed by atoms with van der Waals surface area (Å²) in [5, 5.41) is 0. The summed E-state index contributed by atoms with van der Waals surface area (Å²) in [6.45, 7) is 15.2. The summed E-state index contributed by atoms with van der Waals surface area (Å²) >= 11 is 0. The molecule has 0 bridgehead atoms. The van der Waals surface area contributed by atoms with Crippen molar-refractivity contribution in [3.8, 4) is 11.5 Å². The van der Waals surface area contributed by atoms with E-state index in [1.165, 1.54) is 6.07 Å². The van der Waals surface area contributed by atoms with Gasteiger partial charge in [-0.2, -0.15) is 8.78 Å². The third-order valence-electron chi connectivity index (χ3n) is 4.58. The lowest BCUT2D eigenvalue weighted by Crippen LogP contribution is -2.18. The average Bonchev–Trinajstić information content (AvgIpc) is 2.69. The van der Waals surface area contributed by atoms with Gasteiger partial charge < -0.3 is 14.2 Å².